The molecule has 0 aromatic carbocycles. The molecule has 10 heteroatoms. The lowest BCUT2D eigenvalue weighted by molar-refractivity contribution is -0.161. The van der Waals surface area contributed by atoms with Crippen molar-refractivity contribution in [1.29, 1.82) is 0 Å². The van der Waals surface area contributed by atoms with E-state index in [0.29, 0.717) is 12.8 Å². The zero-order chi connectivity index (χ0) is 36.1. The minimum Gasteiger partial charge on any atom is -0.462 e. The van der Waals surface area contributed by atoms with E-state index in [9.17, 15) is 19.0 Å². The first kappa shape index (κ1) is 47.2. The number of carbonyl (C=O) groups excluding carboxylic acids is 2. The zero-order valence-corrected chi connectivity index (χ0v) is 32.1. The highest BCUT2D eigenvalue weighted by atomic mass is 31.2. The summed E-state index contributed by atoms with van der Waals surface area (Å²) in [6.45, 7) is 3.66. The summed E-state index contributed by atoms with van der Waals surface area (Å²) >= 11 is 0. The summed E-state index contributed by atoms with van der Waals surface area (Å²) in [5, 5.41) is 0. The number of allylic oxidation sites excluding steroid dienone is 6. The highest BCUT2D eigenvalue weighted by Crippen LogP contribution is 2.43. The average Bonchev–Trinajstić information content (AvgIpc) is 3.08. The molecule has 0 radical (unpaired) electrons. The third-order valence-electron chi connectivity index (χ3n) is 8.03. The second-order valence-corrected chi connectivity index (χ2v) is 14.3. The Morgan fingerprint density at radius 2 is 1.06 bits per heavy atom. The van der Waals surface area contributed by atoms with Gasteiger partial charge >= 0.3 is 19.8 Å². The van der Waals surface area contributed by atoms with Gasteiger partial charge in [-0.15, -0.1) is 0 Å². The summed E-state index contributed by atoms with van der Waals surface area (Å²) in [4.78, 5) is 34.7. The van der Waals surface area contributed by atoms with E-state index in [1.54, 1.807) is 0 Å². The van der Waals surface area contributed by atoms with Crippen LogP contribution in [0.15, 0.2) is 36.5 Å². The summed E-state index contributed by atoms with van der Waals surface area (Å²) in [6.07, 6.45) is 37.4. The molecule has 0 aliphatic carbocycles. The number of ether oxygens (including phenoxy) is 2. The van der Waals surface area contributed by atoms with E-state index < -0.39 is 32.5 Å². The Bertz CT molecular complexity index is 907. The molecule has 0 spiro atoms. The highest BCUT2D eigenvalue weighted by molar-refractivity contribution is 7.47. The van der Waals surface area contributed by atoms with Crippen LogP contribution in [0.5, 0.6) is 0 Å². The van der Waals surface area contributed by atoms with Crippen LogP contribution in [0.25, 0.3) is 0 Å². The summed E-state index contributed by atoms with van der Waals surface area (Å²) in [5.41, 5.74) is 5.33. The highest BCUT2D eigenvalue weighted by Gasteiger charge is 2.25. The van der Waals surface area contributed by atoms with Crippen LogP contribution in [0.4, 0.5) is 0 Å². The molecule has 0 bridgehead atoms. The second kappa shape index (κ2) is 36.0. The van der Waals surface area contributed by atoms with E-state index in [-0.39, 0.29) is 32.6 Å². The molecule has 2 atom stereocenters. The number of esters is 2. The first-order valence-corrected chi connectivity index (χ1v) is 21.0. The van der Waals surface area contributed by atoms with Crippen LogP contribution in [-0.4, -0.2) is 49.3 Å². The van der Waals surface area contributed by atoms with Gasteiger partial charge in [-0.3, -0.25) is 18.6 Å². The van der Waals surface area contributed by atoms with Crippen molar-refractivity contribution in [2.24, 2.45) is 5.73 Å². The Hall–Kier alpha value is -1.77. The standard InChI is InChI=1S/C39H72NO8P/c1-3-5-7-9-11-13-15-16-17-18-19-20-22-23-25-27-29-31-38(41)45-35-37(36-47-49(43,44)46-34-33-40)48-39(42)32-30-28-26-24-21-14-12-10-8-6-4-2/h11,13,16-17,19-20,37H,3-10,12,14-15,18,21-36,40H2,1-2H3,(H,43,44)/b13-11-,17-16-,20-19-/t37-/m1/s1. The molecule has 3 N–H and O–H groups in total. The molecule has 0 saturated carbocycles. The normalized spacial score (nSPS) is 13.8. The Morgan fingerprint density at radius 3 is 1.61 bits per heavy atom. The van der Waals surface area contributed by atoms with Gasteiger partial charge in [-0.25, -0.2) is 4.57 Å². The van der Waals surface area contributed by atoms with Gasteiger partial charge in [0.15, 0.2) is 6.10 Å². The van der Waals surface area contributed by atoms with Crippen molar-refractivity contribution in [3.8, 4) is 0 Å². The SMILES string of the molecule is CCCCC/C=C\C/C=C\C/C=C\CCCCCCC(=O)OC[C@H](COP(=O)(O)OCCN)OC(=O)CCCCCCCCCCCCC. The van der Waals surface area contributed by atoms with Crippen molar-refractivity contribution in [2.75, 3.05) is 26.4 Å². The molecule has 49 heavy (non-hydrogen) atoms. The lowest BCUT2D eigenvalue weighted by atomic mass is 10.1. The molecule has 0 aromatic rings. The number of phosphoric acid groups is 1. The molecule has 9 nitrogen and oxygen atoms in total. The minimum absolute atomic E-state index is 0.0504. The Labute approximate surface area is 299 Å². The van der Waals surface area contributed by atoms with Crippen molar-refractivity contribution >= 4 is 19.8 Å². The quantitative estimate of drug-likeness (QED) is 0.0281. The van der Waals surface area contributed by atoms with Gasteiger partial charge in [0.05, 0.1) is 13.2 Å². The third-order valence-corrected chi connectivity index (χ3v) is 9.01. The van der Waals surface area contributed by atoms with E-state index in [4.69, 9.17) is 24.3 Å². The number of phosphoric ester groups is 1. The summed E-state index contributed by atoms with van der Waals surface area (Å²) in [6, 6.07) is 0. The Morgan fingerprint density at radius 1 is 0.612 bits per heavy atom. The molecule has 0 saturated heterocycles. The van der Waals surface area contributed by atoms with E-state index in [1.807, 2.05) is 0 Å². The fraction of sp³-hybridized carbons (Fsp3) is 0.795. The van der Waals surface area contributed by atoms with Crippen LogP contribution >= 0.6 is 7.82 Å². The summed E-state index contributed by atoms with van der Waals surface area (Å²) in [7, 11) is -4.37. The van der Waals surface area contributed by atoms with E-state index in [1.165, 1.54) is 70.6 Å². The Balaban J connectivity index is 4.24. The monoisotopic (exact) mass is 713 g/mol. The van der Waals surface area contributed by atoms with Gasteiger partial charge in [-0.2, -0.15) is 0 Å². The molecule has 0 heterocycles. The lowest BCUT2D eigenvalue weighted by Gasteiger charge is -2.19. The maximum Gasteiger partial charge on any atom is 0.472 e. The van der Waals surface area contributed by atoms with Crippen LogP contribution in [0.3, 0.4) is 0 Å². The largest absolute Gasteiger partial charge is 0.472 e. The van der Waals surface area contributed by atoms with Gasteiger partial charge in [0.1, 0.15) is 6.61 Å². The molecule has 0 fully saturated rings. The van der Waals surface area contributed by atoms with Gasteiger partial charge in [-0.1, -0.05) is 140 Å². The van der Waals surface area contributed by atoms with Crippen molar-refractivity contribution in [3.05, 3.63) is 36.5 Å². The van der Waals surface area contributed by atoms with Crippen molar-refractivity contribution in [3.63, 3.8) is 0 Å². The molecular formula is C39H72NO8P. The number of hydrogen-bond acceptors (Lipinski definition) is 8. The van der Waals surface area contributed by atoms with Crippen molar-refractivity contribution < 1.29 is 37.6 Å². The van der Waals surface area contributed by atoms with Gasteiger partial charge in [0.2, 0.25) is 0 Å². The topological polar surface area (TPSA) is 134 Å². The second-order valence-electron chi connectivity index (χ2n) is 12.8. The van der Waals surface area contributed by atoms with Gasteiger partial charge in [0, 0.05) is 19.4 Å². The predicted molar refractivity (Wildman–Crippen MR) is 201 cm³/mol. The molecular weight excluding hydrogens is 641 g/mol. The van der Waals surface area contributed by atoms with Crippen LogP contribution in [0.1, 0.15) is 168 Å². The van der Waals surface area contributed by atoms with Gasteiger partial charge in [0.25, 0.3) is 0 Å². The van der Waals surface area contributed by atoms with Crippen LogP contribution in [0.2, 0.25) is 0 Å². The predicted octanol–water partition coefficient (Wildman–Crippen LogP) is 10.6. The summed E-state index contributed by atoms with van der Waals surface area (Å²) in [5.74, 6) is -0.855. The van der Waals surface area contributed by atoms with E-state index in [2.05, 4.69) is 50.3 Å². The fourth-order valence-corrected chi connectivity index (χ4v) is 5.88. The van der Waals surface area contributed by atoms with Gasteiger partial charge < -0.3 is 20.1 Å². The third kappa shape index (κ3) is 35.8. The molecule has 0 aliphatic rings. The number of carbonyl (C=O) groups is 2. The molecule has 0 aromatic heterocycles. The smallest absolute Gasteiger partial charge is 0.462 e. The summed E-state index contributed by atoms with van der Waals surface area (Å²) < 4.78 is 32.6. The maximum absolute atomic E-state index is 12.5. The molecule has 0 amide bonds. The zero-order valence-electron chi connectivity index (χ0n) is 31.2. The molecule has 286 valence electrons. The number of nitrogens with two attached hydrogens (primary N) is 1. The maximum atomic E-state index is 12.5. The molecule has 0 aliphatic heterocycles. The fourth-order valence-electron chi connectivity index (χ4n) is 5.11. The first-order chi connectivity index (χ1) is 23.8. The van der Waals surface area contributed by atoms with Crippen molar-refractivity contribution in [2.45, 2.75) is 174 Å². The van der Waals surface area contributed by atoms with Crippen LogP contribution < -0.4 is 5.73 Å². The molecule has 1 unspecified atom stereocenters. The minimum atomic E-state index is -4.37. The van der Waals surface area contributed by atoms with E-state index >= 15 is 0 Å². The van der Waals surface area contributed by atoms with Gasteiger partial charge in [-0.05, 0) is 51.4 Å². The first-order valence-electron chi connectivity index (χ1n) is 19.5. The number of rotatable bonds is 36. The molecule has 0 rings (SSSR count). The Kier molecular flexibility index (Phi) is 34.7. The number of unbranched alkanes of at least 4 members (excludes halogenated alkanes) is 17. The van der Waals surface area contributed by atoms with E-state index in [0.717, 1.165) is 57.8 Å². The van der Waals surface area contributed by atoms with Crippen LogP contribution in [-0.2, 0) is 32.7 Å². The average molecular weight is 714 g/mol. The number of hydrogen-bond donors (Lipinski definition) is 2. The van der Waals surface area contributed by atoms with Crippen molar-refractivity contribution in [1.82, 2.24) is 0 Å². The lowest BCUT2D eigenvalue weighted by Crippen LogP contribution is -2.29. The van der Waals surface area contributed by atoms with Crippen LogP contribution in [0, 0.1) is 0 Å².